The summed E-state index contributed by atoms with van der Waals surface area (Å²) in [5.41, 5.74) is 1.33. The molecule has 0 radical (unpaired) electrons. The minimum absolute atomic E-state index is 0.577. The van der Waals surface area contributed by atoms with E-state index < -0.39 is 5.60 Å². The monoisotopic (exact) mass is 260 g/mol. The topological polar surface area (TPSA) is 62.0 Å². The molecule has 0 unspecified atom stereocenters. The van der Waals surface area contributed by atoms with E-state index in [2.05, 4.69) is 20.9 Å². The second-order valence-corrected chi connectivity index (χ2v) is 4.98. The fourth-order valence-electron chi connectivity index (χ4n) is 2.48. The lowest BCUT2D eigenvalue weighted by Gasteiger charge is -2.37. The normalized spacial score (nSPS) is 18.1. The molecule has 1 aromatic rings. The first-order valence-electron chi connectivity index (χ1n) is 6.71. The Kier molecular flexibility index (Phi) is 4.01. The smallest absolute Gasteiger partial charge is 0.225 e. The maximum atomic E-state index is 9.29. The van der Waals surface area contributed by atoms with Crippen LogP contribution in [0.3, 0.4) is 0 Å². The van der Waals surface area contributed by atoms with Crippen LogP contribution in [0.25, 0.3) is 0 Å². The summed E-state index contributed by atoms with van der Waals surface area (Å²) in [5, 5.41) is 9.29. The summed E-state index contributed by atoms with van der Waals surface area (Å²) in [7, 11) is 0. The number of aryl methyl sites for hydroxylation is 2. The molecule has 0 aliphatic carbocycles. The largest absolute Gasteiger partial charge is 0.360 e. The minimum atomic E-state index is -0.621. The number of ether oxygens (including phenoxy) is 1. The van der Waals surface area contributed by atoms with Crippen molar-refractivity contribution in [2.24, 2.45) is 0 Å². The molecule has 0 atom stereocenters. The molecule has 1 fully saturated rings. The van der Waals surface area contributed by atoms with E-state index >= 15 is 0 Å². The van der Waals surface area contributed by atoms with Crippen molar-refractivity contribution in [1.29, 1.82) is 5.26 Å². The van der Waals surface area contributed by atoms with Crippen LogP contribution in [-0.2, 0) is 4.74 Å². The van der Waals surface area contributed by atoms with Gasteiger partial charge in [0.1, 0.15) is 0 Å². The van der Waals surface area contributed by atoms with Crippen LogP contribution in [0.5, 0.6) is 0 Å². The standard InChI is InChI=1S/C14H20N4O/c1-4-19-14(10-15)5-7-18(8-6-14)13-16-11(2)9-12(3)17-13/h9H,4-8H2,1-3H3. The minimum Gasteiger partial charge on any atom is -0.360 e. The molecule has 0 aromatic carbocycles. The Morgan fingerprint density at radius 2 is 1.89 bits per heavy atom. The van der Waals surface area contributed by atoms with Gasteiger partial charge >= 0.3 is 0 Å². The molecule has 1 aliphatic rings. The fraction of sp³-hybridized carbons (Fsp3) is 0.643. The van der Waals surface area contributed by atoms with Gasteiger partial charge in [0, 0.05) is 43.9 Å². The molecular formula is C14H20N4O. The van der Waals surface area contributed by atoms with E-state index in [1.165, 1.54) is 0 Å². The van der Waals surface area contributed by atoms with Crippen LogP contribution >= 0.6 is 0 Å². The highest BCUT2D eigenvalue weighted by Crippen LogP contribution is 2.27. The van der Waals surface area contributed by atoms with E-state index in [9.17, 15) is 5.26 Å². The molecule has 1 aliphatic heterocycles. The number of rotatable bonds is 3. The summed E-state index contributed by atoms with van der Waals surface area (Å²) in [5.74, 6) is 0.764. The van der Waals surface area contributed by atoms with Gasteiger partial charge in [-0.2, -0.15) is 5.26 Å². The van der Waals surface area contributed by atoms with Crippen molar-refractivity contribution in [3.8, 4) is 6.07 Å². The Bertz CT molecular complexity index is 466. The second kappa shape index (κ2) is 5.54. The van der Waals surface area contributed by atoms with Gasteiger partial charge in [0.25, 0.3) is 0 Å². The number of anilines is 1. The predicted octanol–water partition coefficient (Wildman–Crippen LogP) is 1.99. The van der Waals surface area contributed by atoms with E-state index in [0.29, 0.717) is 19.4 Å². The lowest BCUT2D eigenvalue weighted by atomic mass is 9.93. The van der Waals surface area contributed by atoms with Crippen molar-refractivity contribution in [2.45, 2.75) is 39.2 Å². The van der Waals surface area contributed by atoms with Crippen molar-refractivity contribution in [2.75, 3.05) is 24.6 Å². The van der Waals surface area contributed by atoms with E-state index in [4.69, 9.17) is 4.74 Å². The van der Waals surface area contributed by atoms with Gasteiger partial charge in [-0.3, -0.25) is 0 Å². The molecule has 5 heteroatoms. The van der Waals surface area contributed by atoms with Crippen LogP contribution in [0.1, 0.15) is 31.2 Å². The quantitative estimate of drug-likeness (QED) is 0.831. The Morgan fingerprint density at radius 1 is 1.32 bits per heavy atom. The highest BCUT2D eigenvalue weighted by molar-refractivity contribution is 5.34. The molecule has 0 bridgehead atoms. The maximum absolute atomic E-state index is 9.29. The first-order chi connectivity index (χ1) is 9.08. The van der Waals surface area contributed by atoms with Gasteiger partial charge in [0.05, 0.1) is 6.07 Å². The average molecular weight is 260 g/mol. The molecule has 2 heterocycles. The van der Waals surface area contributed by atoms with Crippen molar-refractivity contribution in [1.82, 2.24) is 9.97 Å². The molecule has 102 valence electrons. The molecule has 0 amide bonds. The third kappa shape index (κ3) is 3.02. The summed E-state index contributed by atoms with van der Waals surface area (Å²) in [6.45, 7) is 7.98. The number of hydrogen-bond donors (Lipinski definition) is 0. The van der Waals surface area contributed by atoms with Crippen LogP contribution in [0.4, 0.5) is 5.95 Å². The Balaban J connectivity index is 2.09. The van der Waals surface area contributed by atoms with Crippen LogP contribution in [-0.4, -0.2) is 35.3 Å². The van der Waals surface area contributed by atoms with Crippen molar-refractivity contribution in [3.63, 3.8) is 0 Å². The van der Waals surface area contributed by atoms with Crippen LogP contribution in [0.2, 0.25) is 0 Å². The second-order valence-electron chi connectivity index (χ2n) is 4.98. The third-order valence-corrected chi connectivity index (χ3v) is 3.45. The molecule has 1 saturated heterocycles. The van der Waals surface area contributed by atoms with Crippen molar-refractivity contribution in [3.05, 3.63) is 17.5 Å². The summed E-state index contributed by atoms with van der Waals surface area (Å²) in [4.78, 5) is 11.1. The SMILES string of the molecule is CCOC1(C#N)CCN(c2nc(C)cc(C)n2)CC1. The number of nitriles is 1. The molecule has 0 spiro atoms. The van der Waals surface area contributed by atoms with E-state index in [-0.39, 0.29) is 0 Å². The van der Waals surface area contributed by atoms with E-state index in [0.717, 1.165) is 30.4 Å². The van der Waals surface area contributed by atoms with E-state index in [1.54, 1.807) is 0 Å². The summed E-state index contributed by atoms with van der Waals surface area (Å²) in [6, 6.07) is 4.29. The first kappa shape index (κ1) is 13.8. The molecule has 1 aromatic heterocycles. The van der Waals surface area contributed by atoms with Gasteiger partial charge < -0.3 is 9.64 Å². The average Bonchev–Trinajstić information content (AvgIpc) is 2.39. The zero-order valence-electron chi connectivity index (χ0n) is 11.8. The molecule has 19 heavy (non-hydrogen) atoms. The van der Waals surface area contributed by atoms with Gasteiger partial charge in [-0.25, -0.2) is 9.97 Å². The van der Waals surface area contributed by atoms with Gasteiger partial charge in [0.15, 0.2) is 5.60 Å². The van der Waals surface area contributed by atoms with Crippen molar-refractivity contribution >= 4 is 5.95 Å². The van der Waals surface area contributed by atoms with Gasteiger partial charge in [0.2, 0.25) is 5.95 Å². The Labute approximate surface area is 114 Å². The molecule has 0 saturated carbocycles. The molecule has 0 N–H and O–H groups in total. The zero-order chi connectivity index (χ0) is 13.9. The number of piperidine rings is 1. The van der Waals surface area contributed by atoms with Crippen molar-refractivity contribution < 1.29 is 4.74 Å². The van der Waals surface area contributed by atoms with Gasteiger partial charge in [-0.15, -0.1) is 0 Å². The highest BCUT2D eigenvalue weighted by Gasteiger charge is 2.36. The lowest BCUT2D eigenvalue weighted by Crippen LogP contribution is -2.46. The molecule has 5 nitrogen and oxygen atoms in total. The highest BCUT2D eigenvalue weighted by atomic mass is 16.5. The number of hydrogen-bond acceptors (Lipinski definition) is 5. The number of aromatic nitrogens is 2. The zero-order valence-corrected chi connectivity index (χ0v) is 11.8. The van der Waals surface area contributed by atoms with Crippen LogP contribution in [0.15, 0.2) is 6.07 Å². The maximum Gasteiger partial charge on any atom is 0.225 e. The lowest BCUT2D eigenvalue weighted by molar-refractivity contribution is -0.0119. The molecule has 2 rings (SSSR count). The van der Waals surface area contributed by atoms with Crippen LogP contribution < -0.4 is 4.90 Å². The predicted molar refractivity (Wildman–Crippen MR) is 72.9 cm³/mol. The van der Waals surface area contributed by atoms with Gasteiger partial charge in [-0.05, 0) is 26.8 Å². The Hall–Kier alpha value is -1.67. The Morgan fingerprint density at radius 3 is 2.37 bits per heavy atom. The summed E-state index contributed by atoms with van der Waals surface area (Å²) in [6.07, 6.45) is 1.40. The summed E-state index contributed by atoms with van der Waals surface area (Å²) < 4.78 is 5.62. The van der Waals surface area contributed by atoms with E-state index in [1.807, 2.05) is 26.8 Å². The number of nitrogens with zero attached hydrogens (tertiary/aromatic N) is 4. The third-order valence-electron chi connectivity index (χ3n) is 3.45. The fourth-order valence-corrected chi connectivity index (χ4v) is 2.48. The summed E-state index contributed by atoms with van der Waals surface area (Å²) >= 11 is 0. The van der Waals surface area contributed by atoms with Gasteiger partial charge in [-0.1, -0.05) is 0 Å². The first-order valence-corrected chi connectivity index (χ1v) is 6.71. The molecular weight excluding hydrogens is 240 g/mol. The van der Waals surface area contributed by atoms with Crippen LogP contribution in [0, 0.1) is 25.2 Å².